The number of aromatic nitrogens is 2. The number of imidazole rings is 1. The largest absolute Gasteiger partial charge is 0.495 e. The van der Waals surface area contributed by atoms with Gasteiger partial charge in [-0.05, 0) is 31.2 Å². The van der Waals surface area contributed by atoms with Gasteiger partial charge in [0, 0.05) is 13.0 Å². The molecule has 0 unspecified atom stereocenters. The molecule has 2 N–H and O–H groups in total. The minimum absolute atomic E-state index is 0.0824. The number of H-pyrrole nitrogens is 1. The number of ether oxygens (including phenoxy) is 1. The summed E-state index contributed by atoms with van der Waals surface area (Å²) in [5.74, 6) is 0.664. The van der Waals surface area contributed by atoms with Crippen molar-refractivity contribution in [2.24, 2.45) is 5.92 Å². The van der Waals surface area contributed by atoms with Gasteiger partial charge >= 0.3 is 0 Å². The van der Waals surface area contributed by atoms with Gasteiger partial charge < -0.3 is 19.9 Å². The molecular weight excluding hydrogens is 356 g/mol. The number of amides is 2. The van der Waals surface area contributed by atoms with Crippen LogP contribution >= 0.6 is 0 Å². The van der Waals surface area contributed by atoms with E-state index < -0.39 is 5.92 Å². The monoisotopic (exact) mass is 378 g/mol. The fourth-order valence-electron chi connectivity index (χ4n) is 3.55. The molecule has 1 aliphatic heterocycles. The first kappa shape index (κ1) is 18.0. The number of hydrogen-bond donors (Lipinski definition) is 2. The van der Waals surface area contributed by atoms with Gasteiger partial charge in [-0.15, -0.1) is 0 Å². The van der Waals surface area contributed by atoms with Gasteiger partial charge in [0.2, 0.25) is 11.8 Å². The Kier molecular flexibility index (Phi) is 4.73. The molecule has 0 saturated carbocycles. The van der Waals surface area contributed by atoms with E-state index in [1.165, 1.54) is 0 Å². The lowest BCUT2D eigenvalue weighted by atomic mass is 10.1. The van der Waals surface area contributed by atoms with Crippen LogP contribution in [0.5, 0.6) is 5.75 Å². The number of carbonyl (C=O) groups is 2. The third-order valence-electron chi connectivity index (χ3n) is 5.05. The Morgan fingerprint density at radius 1 is 1.25 bits per heavy atom. The third-order valence-corrected chi connectivity index (χ3v) is 5.05. The van der Waals surface area contributed by atoms with Crippen LogP contribution in [0.4, 0.5) is 5.69 Å². The van der Waals surface area contributed by atoms with Crippen molar-refractivity contribution in [2.75, 3.05) is 18.6 Å². The molecule has 0 bridgehead atoms. The molecule has 1 aliphatic rings. The summed E-state index contributed by atoms with van der Waals surface area (Å²) in [4.78, 5) is 34.6. The summed E-state index contributed by atoms with van der Waals surface area (Å²) in [6.45, 7) is 2.21. The smallest absolute Gasteiger partial charge is 0.227 e. The molecule has 1 fully saturated rings. The van der Waals surface area contributed by atoms with E-state index in [4.69, 9.17) is 4.74 Å². The van der Waals surface area contributed by atoms with Gasteiger partial charge in [-0.3, -0.25) is 9.59 Å². The molecule has 2 amide bonds. The summed E-state index contributed by atoms with van der Waals surface area (Å²) in [7, 11) is 1.57. The zero-order valence-corrected chi connectivity index (χ0v) is 15.8. The Morgan fingerprint density at radius 3 is 2.79 bits per heavy atom. The van der Waals surface area contributed by atoms with Crippen molar-refractivity contribution in [2.45, 2.75) is 19.4 Å². The Bertz CT molecular complexity index is 996. The van der Waals surface area contributed by atoms with Crippen LogP contribution in [0.3, 0.4) is 0 Å². The number of nitrogens with one attached hydrogen (secondary N) is 2. The summed E-state index contributed by atoms with van der Waals surface area (Å²) < 4.78 is 5.35. The summed E-state index contributed by atoms with van der Waals surface area (Å²) in [6.07, 6.45) is 0.177. The second kappa shape index (κ2) is 7.34. The van der Waals surface area contributed by atoms with Gasteiger partial charge in [0.25, 0.3) is 0 Å². The predicted octanol–water partition coefficient (Wildman–Crippen LogP) is 2.80. The highest BCUT2D eigenvalue weighted by atomic mass is 16.5. The van der Waals surface area contributed by atoms with E-state index in [0.29, 0.717) is 23.8 Å². The van der Waals surface area contributed by atoms with Crippen molar-refractivity contribution >= 4 is 28.5 Å². The first-order chi connectivity index (χ1) is 13.6. The maximum atomic E-state index is 12.8. The molecule has 144 valence electrons. The first-order valence-corrected chi connectivity index (χ1v) is 9.25. The SMILES string of the molecule is COc1ccccc1N1C[C@H](C(=O)N[C@@H](C)c2nc3ccccc3[nH]2)CC1=O. The Hall–Kier alpha value is -3.35. The van der Waals surface area contributed by atoms with E-state index in [0.717, 1.165) is 11.0 Å². The number of carbonyl (C=O) groups excluding carboxylic acids is 2. The summed E-state index contributed by atoms with van der Waals surface area (Å²) in [5, 5.41) is 2.98. The number of rotatable bonds is 5. The number of fused-ring (bicyclic) bond motifs is 1. The van der Waals surface area contributed by atoms with E-state index in [2.05, 4.69) is 15.3 Å². The molecule has 2 atom stereocenters. The molecule has 4 rings (SSSR count). The number of aromatic amines is 1. The topological polar surface area (TPSA) is 87.3 Å². The summed E-state index contributed by atoms with van der Waals surface area (Å²) in [5.41, 5.74) is 2.48. The highest BCUT2D eigenvalue weighted by molar-refractivity contribution is 6.01. The maximum Gasteiger partial charge on any atom is 0.227 e. The van der Waals surface area contributed by atoms with Crippen LogP contribution in [0.2, 0.25) is 0 Å². The lowest BCUT2D eigenvalue weighted by molar-refractivity contribution is -0.126. The predicted molar refractivity (Wildman–Crippen MR) is 106 cm³/mol. The third kappa shape index (κ3) is 3.31. The van der Waals surface area contributed by atoms with Gasteiger partial charge in [0.15, 0.2) is 0 Å². The van der Waals surface area contributed by atoms with Crippen LogP contribution in [0.25, 0.3) is 11.0 Å². The second-order valence-corrected chi connectivity index (χ2v) is 6.95. The zero-order chi connectivity index (χ0) is 19.7. The normalized spacial score (nSPS) is 17.7. The van der Waals surface area contributed by atoms with Crippen LogP contribution < -0.4 is 15.0 Å². The van der Waals surface area contributed by atoms with Crippen molar-refractivity contribution in [1.82, 2.24) is 15.3 Å². The van der Waals surface area contributed by atoms with E-state index >= 15 is 0 Å². The minimum atomic E-state index is -0.413. The lowest BCUT2D eigenvalue weighted by Gasteiger charge is -2.20. The number of hydrogen-bond acceptors (Lipinski definition) is 4. The van der Waals surface area contributed by atoms with Crippen LogP contribution in [-0.4, -0.2) is 35.4 Å². The van der Waals surface area contributed by atoms with E-state index in [1.54, 1.807) is 18.1 Å². The second-order valence-electron chi connectivity index (χ2n) is 6.95. The van der Waals surface area contributed by atoms with E-state index in [1.807, 2.05) is 49.4 Å². The van der Waals surface area contributed by atoms with Crippen LogP contribution in [0.1, 0.15) is 25.2 Å². The van der Waals surface area contributed by atoms with E-state index in [-0.39, 0.29) is 24.3 Å². The molecule has 28 heavy (non-hydrogen) atoms. The number of nitrogens with zero attached hydrogens (tertiary/aromatic N) is 2. The quantitative estimate of drug-likeness (QED) is 0.715. The summed E-state index contributed by atoms with van der Waals surface area (Å²) >= 11 is 0. The van der Waals surface area contributed by atoms with Crippen molar-refractivity contribution in [3.05, 3.63) is 54.4 Å². The highest BCUT2D eigenvalue weighted by Crippen LogP contribution is 2.33. The van der Waals surface area contributed by atoms with Crippen molar-refractivity contribution < 1.29 is 14.3 Å². The minimum Gasteiger partial charge on any atom is -0.495 e. The molecule has 1 aromatic heterocycles. The molecule has 0 aliphatic carbocycles. The molecule has 7 nitrogen and oxygen atoms in total. The Balaban J connectivity index is 1.46. The van der Waals surface area contributed by atoms with E-state index in [9.17, 15) is 9.59 Å². The van der Waals surface area contributed by atoms with Crippen LogP contribution in [-0.2, 0) is 9.59 Å². The van der Waals surface area contributed by atoms with Crippen molar-refractivity contribution in [1.29, 1.82) is 0 Å². The van der Waals surface area contributed by atoms with Crippen molar-refractivity contribution in [3.8, 4) is 5.75 Å². The molecule has 0 spiro atoms. The molecule has 2 aromatic carbocycles. The van der Waals surface area contributed by atoms with Gasteiger partial charge in [0.1, 0.15) is 11.6 Å². The van der Waals surface area contributed by atoms with Crippen molar-refractivity contribution in [3.63, 3.8) is 0 Å². The molecule has 1 saturated heterocycles. The number of anilines is 1. The standard InChI is InChI=1S/C21H22N4O3/c1-13(20-23-15-7-3-4-8-16(15)24-20)22-21(27)14-11-19(26)25(12-14)17-9-5-6-10-18(17)28-2/h3-10,13-14H,11-12H2,1-2H3,(H,22,27)(H,23,24)/t13-,14+/m0/s1. The molecule has 2 heterocycles. The fraction of sp³-hybridized carbons (Fsp3) is 0.286. The average molecular weight is 378 g/mol. The summed E-state index contributed by atoms with van der Waals surface area (Å²) in [6, 6.07) is 14.8. The fourth-order valence-corrected chi connectivity index (χ4v) is 3.55. The van der Waals surface area contributed by atoms with Gasteiger partial charge in [-0.2, -0.15) is 0 Å². The number of methoxy groups -OCH3 is 1. The first-order valence-electron chi connectivity index (χ1n) is 9.25. The lowest BCUT2D eigenvalue weighted by Crippen LogP contribution is -2.35. The van der Waals surface area contributed by atoms with Crippen LogP contribution in [0, 0.1) is 5.92 Å². The number of para-hydroxylation sites is 4. The van der Waals surface area contributed by atoms with Gasteiger partial charge in [-0.25, -0.2) is 4.98 Å². The molecule has 7 heteroatoms. The molecule has 0 radical (unpaired) electrons. The maximum absolute atomic E-state index is 12.8. The highest BCUT2D eigenvalue weighted by Gasteiger charge is 2.36. The Labute approximate surface area is 162 Å². The average Bonchev–Trinajstić information content (AvgIpc) is 3.31. The Morgan fingerprint density at radius 2 is 2.00 bits per heavy atom. The van der Waals surface area contributed by atoms with Gasteiger partial charge in [0.05, 0.1) is 35.8 Å². The molecule has 3 aromatic rings. The van der Waals surface area contributed by atoms with Crippen LogP contribution in [0.15, 0.2) is 48.5 Å². The van der Waals surface area contributed by atoms with Gasteiger partial charge in [-0.1, -0.05) is 24.3 Å². The molecular formula is C21H22N4O3. The number of benzene rings is 2. The zero-order valence-electron chi connectivity index (χ0n) is 15.8.